The molecule has 0 aliphatic carbocycles. The van der Waals surface area contributed by atoms with E-state index in [2.05, 4.69) is 68.9 Å². The van der Waals surface area contributed by atoms with Crippen LogP contribution in [0, 0.1) is 0 Å². The summed E-state index contributed by atoms with van der Waals surface area (Å²) < 4.78 is 2.01. The van der Waals surface area contributed by atoms with Crippen LogP contribution in [0.2, 0.25) is 0 Å². The molecule has 2 aromatic carbocycles. The first-order valence-corrected chi connectivity index (χ1v) is 10.8. The van der Waals surface area contributed by atoms with Crippen molar-refractivity contribution >= 4 is 22.9 Å². The number of benzene rings is 2. The molecule has 1 fully saturated rings. The molecule has 1 aliphatic heterocycles. The number of nitrogens with one attached hydrogen (secondary N) is 1. The number of aromatic nitrogens is 3. The standard InChI is InChI=1S/C25H26N6O/c1-18(32)26-22-8-3-20(4-9-22)25-28-27-24-12-7-21(17-31(24)25)19-5-10-23(11-6-19)30-15-13-29(2)14-16-30/h3-12,17H,13-16H2,1-2H3,(H,26,32). The Labute approximate surface area is 187 Å². The van der Waals surface area contributed by atoms with Crippen LogP contribution in [0.3, 0.4) is 0 Å². The Hall–Kier alpha value is -3.71. The lowest BCUT2D eigenvalue weighted by Gasteiger charge is -2.34. The van der Waals surface area contributed by atoms with E-state index in [0.717, 1.165) is 60.0 Å². The van der Waals surface area contributed by atoms with Crippen LogP contribution in [-0.4, -0.2) is 58.6 Å². The Morgan fingerprint density at radius 2 is 1.47 bits per heavy atom. The Morgan fingerprint density at radius 1 is 0.812 bits per heavy atom. The quantitative estimate of drug-likeness (QED) is 0.538. The highest BCUT2D eigenvalue weighted by atomic mass is 16.1. The lowest BCUT2D eigenvalue weighted by atomic mass is 10.1. The van der Waals surface area contributed by atoms with E-state index in [0.29, 0.717) is 0 Å². The zero-order valence-electron chi connectivity index (χ0n) is 18.3. The molecule has 162 valence electrons. The van der Waals surface area contributed by atoms with Gasteiger partial charge in [0, 0.05) is 56.2 Å². The number of anilines is 2. The van der Waals surface area contributed by atoms with Crippen LogP contribution in [0.1, 0.15) is 6.92 Å². The second-order valence-corrected chi connectivity index (χ2v) is 8.27. The average Bonchev–Trinajstić information content (AvgIpc) is 3.23. The molecule has 3 heterocycles. The van der Waals surface area contributed by atoms with Crippen molar-refractivity contribution < 1.29 is 4.79 Å². The number of hydrogen-bond acceptors (Lipinski definition) is 5. The zero-order valence-corrected chi connectivity index (χ0v) is 18.3. The first-order chi connectivity index (χ1) is 15.6. The Morgan fingerprint density at radius 3 is 2.16 bits per heavy atom. The largest absolute Gasteiger partial charge is 0.369 e. The summed E-state index contributed by atoms with van der Waals surface area (Å²) in [4.78, 5) is 16.1. The summed E-state index contributed by atoms with van der Waals surface area (Å²) in [6.07, 6.45) is 2.08. The minimum atomic E-state index is -0.0889. The summed E-state index contributed by atoms with van der Waals surface area (Å²) in [7, 11) is 2.17. The molecular formula is C25H26N6O. The molecule has 5 rings (SSSR count). The van der Waals surface area contributed by atoms with E-state index in [1.165, 1.54) is 12.6 Å². The molecule has 0 bridgehead atoms. The van der Waals surface area contributed by atoms with Gasteiger partial charge < -0.3 is 15.1 Å². The molecule has 0 unspecified atom stereocenters. The van der Waals surface area contributed by atoms with E-state index in [1.807, 2.05) is 34.7 Å². The fourth-order valence-electron chi connectivity index (χ4n) is 4.09. The molecule has 0 radical (unpaired) electrons. The van der Waals surface area contributed by atoms with Crippen molar-refractivity contribution in [2.45, 2.75) is 6.92 Å². The lowest BCUT2D eigenvalue weighted by Crippen LogP contribution is -2.44. The molecule has 0 saturated carbocycles. The van der Waals surface area contributed by atoms with Crippen molar-refractivity contribution in [3.05, 3.63) is 66.9 Å². The third kappa shape index (κ3) is 4.07. The maximum atomic E-state index is 11.3. The van der Waals surface area contributed by atoms with Crippen LogP contribution in [-0.2, 0) is 4.79 Å². The normalized spacial score (nSPS) is 14.6. The van der Waals surface area contributed by atoms with Crippen LogP contribution in [0.15, 0.2) is 66.9 Å². The molecular weight excluding hydrogens is 400 g/mol. The second kappa shape index (κ2) is 8.43. The molecule has 1 amide bonds. The number of likely N-dealkylation sites (N-methyl/N-ethyl adjacent to an activating group) is 1. The number of carbonyl (C=O) groups excluding carboxylic acids is 1. The summed E-state index contributed by atoms with van der Waals surface area (Å²) in [5, 5.41) is 11.5. The number of fused-ring (bicyclic) bond motifs is 1. The van der Waals surface area contributed by atoms with Gasteiger partial charge >= 0.3 is 0 Å². The average molecular weight is 427 g/mol. The maximum absolute atomic E-state index is 11.3. The van der Waals surface area contributed by atoms with E-state index in [1.54, 1.807) is 0 Å². The number of piperazine rings is 1. The van der Waals surface area contributed by atoms with Crippen LogP contribution >= 0.6 is 0 Å². The number of hydrogen-bond donors (Lipinski definition) is 1. The van der Waals surface area contributed by atoms with Gasteiger partial charge in [-0.1, -0.05) is 12.1 Å². The lowest BCUT2D eigenvalue weighted by molar-refractivity contribution is -0.114. The fraction of sp³-hybridized carbons (Fsp3) is 0.240. The highest BCUT2D eigenvalue weighted by molar-refractivity contribution is 5.88. The van der Waals surface area contributed by atoms with E-state index in [-0.39, 0.29) is 5.91 Å². The minimum Gasteiger partial charge on any atom is -0.369 e. The molecule has 2 aromatic heterocycles. The maximum Gasteiger partial charge on any atom is 0.221 e. The minimum absolute atomic E-state index is 0.0889. The van der Waals surface area contributed by atoms with Gasteiger partial charge in [0.2, 0.25) is 5.91 Å². The smallest absolute Gasteiger partial charge is 0.221 e. The van der Waals surface area contributed by atoms with Crippen molar-refractivity contribution in [3.8, 4) is 22.5 Å². The number of rotatable bonds is 4. The van der Waals surface area contributed by atoms with Crippen molar-refractivity contribution in [3.63, 3.8) is 0 Å². The summed E-state index contributed by atoms with van der Waals surface area (Å²) in [6.45, 7) is 5.82. The van der Waals surface area contributed by atoms with Crippen LogP contribution < -0.4 is 10.2 Å². The van der Waals surface area contributed by atoms with Crippen molar-refractivity contribution in [1.29, 1.82) is 0 Å². The molecule has 7 heteroatoms. The molecule has 0 spiro atoms. The molecule has 4 aromatic rings. The number of carbonyl (C=O) groups is 1. The highest BCUT2D eigenvalue weighted by Crippen LogP contribution is 2.27. The summed E-state index contributed by atoms with van der Waals surface area (Å²) in [5.74, 6) is 0.680. The van der Waals surface area contributed by atoms with E-state index in [9.17, 15) is 4.79 Å². The summed E-state index contributed by atoms with van der Waals surface area (Å²) >= 11 is 0. The molecule has 1 saturated heterocycles. The van der Waals surface area contributed by atoms with Crippen LogP contribution in [0.25, 0.3) is 28.2 Å². The number of pyridine rings is 1. The van der Waals surface area contributed by atoms with Gasteiger partial charge in [0.05, 0.1) is 0 Å². The van der Waals surface area contributed by atoms with Crippen LogP contribution in [0.5, 0.6) is 0 Å². The SMILES string of the molecule is CC(=O)Nc1ccc(-c2nnc3ccc(-c4ccc(N5CCN(C)CC5)cc4)cn23)cc1. The van der Waals surface area contributed by atoms with E-state index in [4.69, 9.17) is 0 Å². The van der Waals surface area contributed by atoms with Crippen molar-refractivity contribution in [2.24, 2.45) is 0 Å². The fourth-order valence-corrected chi connectivity index (χ4v) is 4.09. The Kier molecular flexibility index (Phi) is 5.33. The molecule has 7 nitrogen and oxygen atoms in total. The van der Waals surface area contributed by atoms with Crippen LogP contribution in [0.4, 0.5) is 11.4 Å². The van der Waals surface area contributed by atoms with Gasteiger partial charge in [0.25, 0.3) is 0 Å². The second-order valence-electron chi connectivity index (χ2n) is 8.27. The first kappa shape index (κ1) is 20.2. The van der Waals surface area contributed by atoms with Crippen molar-refractivity contribution in [1.82, 2.24) is 19.5 Å². The predicted molar refractivity (Wildman–Crippen MR) is 128 cm³/mol. The number of nitrogens with zero attached hydrogens (tertiary/aromatic N) is 5. The molecule has 1 N–H and O–H groups in total. The Balaban J connectivity index is 1.42. The van der Waals surface area contributed by atoms with Gasteiger partial charge in [0.15, 0.2) is 11.5 Å². The van der Waals surface area contributed by atoms with E-state index >= 15 is 0 Å². The van der Waals surface area contributed by atoms with Gasteiger partial charge in [-0.05, 0) is 66.7 Å². The van der Waals surface area contributed by atoms with Gasteiger partial charge in [0.1, 0.15) is 0 Å². The third-order valence-electron chi connectivity index (χ3n) is 5.93. The molecule has 0 atom stereocenters. The van der Waals surface area contributed by atoms with Gasteiger partial charge in [-0.3, -0.25) is 9.20 Å². The summed E-state index contributed by atoms with van der Waals surface area (Å²) in [5.41, 5.74) is 6.03. The van der Waals surface area contributed by atoms with Crippen molar-refractivity contribution in [2.75, 3.05) is 43.4 Å². The zero-order chi connectivity index (χ0) is 22.1. The summed E-state index contributed by atoms with van der Waals surface area (Å²) in [6, 6.07) is 20.5. The monoisotopic (exact) mass is 426 g/mol. The van der Waals surface area contributed by atoms with Gasteiger partial charge in [-0.25, -0.2) is 0 Å². The molecule has 32 heavy (non-hydrogen) atoms. The van der Waals surface area contributed by atoms with Gasteiger partial charge in [-0.15, -0.1) is 10.2 Å². The first-order valence-electron chi connectivity index (χ1n) is 10.8. The predicted octanol–water partition coefficient (Wildman–Crippen LogP) is 3.77. The number of amides is 1. The highest BCUT2D eigenvalue weighted by Gasteiger charge is 2.14. The third-order valence-corrected chi connectivity index (χ3v) is 5.93. The Bertz CT molecular complexity index is 1240. The van der Waals surface area contributed by atoms with Gasteiger partial charge in [-0.2, -0.15) is 0 Å². The topological polar surface area (TPSA) is 65.8 Å². The molecule has 1 aliphatic rings. The van der Waals surface area contributed by atoms with E-state index < -0.39 is 0 Å².